The Labute approximate surface area is 180 Å². The van der Waals surface area contributed by atoms with Gasteiger partial charge >= 0.3 is 0 Å². The lowest BCUT2D eigenvalue weighted by Gasteiger charge is -2.36. The number of hydrogen-bond acceptors (Lipinski definition) is 5. The number of piperidine rings is 1. The molecule has 0 saturated carbocycles. The van der Waals surface area contributed by atoms with Gasteiger partial charge < -0.3 is 19.6 Å². The Morgan fingerprint density at radius 2 is 2.07 bits per heavy atom. The third-order valence-corrected chi connectivity index (χ3v) is 5.29. The molecule has 8 heteroatoms. The Bertz CT molecular complexity index is 585. The lowest BCUT2D eigenvalue weighted by atomic mass is 9.99. The van der Waals surface area contributed by atoms with Gasteiger partial charge in [0.05, 0.1) is 5.69 Å². The fourth-order valence-corrected chi connectivity index (χ4v) is 3.90. The molecule has 2 saturated heterocycles. The zero-order valence-electron chi connectivity index (χ0n) is 17.0. The second-order valence-electron chi connectivity index (χ2n) is 7.66. The minimum atomic E-state index is 0. The van der Waals surface area contributed by atoms with Crippen LogP contribution in [0.4, 0.5) is 0 Å². The molecule has 1 aromatic rings. The first kappa shape index (κ1) is 22.4. The summed E-state index contributed by atoms with van der Waals surface area (Å²) in [6, 6.07) is 2.03. The van der Waals surface area contributed by atoms with Crippen LogP contribution < -0.4 is 5.32 Å². The minimum absolute atomic E-state index is 0. The number of likely N-dealkylation sites (tertiary alicyclic amines) is 1. The van der Waals surface area contributed by atoms with E-state index >= 15 is 0 Å². The van der Waals surface area contributed by atoms with Crippen LogP contribution in [0, 0.1) is 12.8 Å². The number of aliphatic imine (C=N–C) groups is 1. The van der Waals surface area contributed by atoms with E-state index in [0.29, 0.717) is 5.92 Å². The standard InChI is InChI=1S/C19H34N6O.HI/c1-4-20-19(21-13-17-6-5-7-23(3)14-17)25-10-8-24(9-11-25)15-18-12-16(2)26-22-18;/h12,17H,4-11,13-15H2,1-3H3,(H,20,21);1H. The summed E-state index contributed by atoms with van der Waals surface area (Å²) in [6.45, 7) is 13.3. The first-order chi connectivity index (χ1) is 12.6. The molecule has 0 aromatic carbocycles. The highest BCUT2D eigenvalue weighted by atomic mass is 127. The fourth-order valence-electron chi connectivity index (χ4n) is 3.90. The van der Waals surface area contributed by atoms with E-state index < -0.39 is 0 Å². The van der Waals surface area contributed by atoms with Gasteiger partial charge in [-0.15, -0.1) is 24.0 Å². The second-order valence-corrected chi connectivity index (χ2v) is 7.66. The van der Waals surface area contributed by atoms with Gasteiger partial charge in [-0.3, -0.25) is 9.89 Å². The molecule has 1 aromatic heterocycles. The van der Waals surface area contributed by atoms with Crippen molar-refractivity contribution in [3.05, 3.63) is 17.5 Å². The van der Waals surface area contributed by atoms with Crippen LogP contribution in [-0.2, 0) is 6.54 Å². The predicted molar refractivity (Wildman–Crippen MR) is 120 cm³/mol. The molecule has 1 unspecified atom stereocenters. The van der Waals surface area contributed by atoms with Gasteiger partial charge in [-0.1, -0.05) is 5.16 Å². The molecule has 1 atom stereocenters. The number of halogens is 1. The third-order valence-electron chi connectivity index (χ3n) is 5.29. The van der Waals surface area contributed by atoms with Crippen LogP contribution in [0.1, 0.15) is 31.2 Å². The lowest BCUT2D eigenvalue weighted by molar-refractivity contribution is 0.168. The molecule has 0 amide bonds. The van der Waals surface area contributed by atoms with Crippen molar-refractivity contribution in [3.8, 4) is 0 Å². The molecular weight excluding hydrogens is 455 g/mol. The van der Waals surface area contributed by atoms with Crippen molar-refractivity contribution in [2.45, 2.75) is 33.2 Å². The second kappa shape index (κ2) is 11.2. The van der Waals surface area contributed by atoms with Crippen LogP contribution in [0.5, 0.6) is 0 Å². The van der Waals surface area contributed by atoms with Crippen molar-refractivity contribution in [3.63, 3.8) is 0 Å². The number of piperazine rings is 1. The molecule has 2 aliphatic heterocycles. The summed E-state index contributed by atoms with van der Waals surface area (Å²) >= 11 is 0. The number of nitrogens with one attached hydrogen (secondary N) is 1. The van der Waals surface area contributed by atoms with Crippen LogP contribution in [-0.4, -0.2) is 85.2 Å². The third kappa shape index (κ3) is 6.90. The molecule has 2 aliphatic rings. The number of hydrogen-bond donors (Lipinski definition) is 1. The molecule has 3 heterocycles. The van der Waals surface area contributed by atoms with E-state index in [1.54, 1.807) is 0 Å². The van der Waals surface area contributed by atoms with Crippen molar-refractivity contribution in [1.29, 1.82) is 0 Å². The smallest absolute Gasteiger partial charge is 0.194 e. The van der Waals surface area contributed by atoms with E-state index in [1.807, 2.05) is 13.0 Å². The Balaban J connectivity index is 0.00000261. The van der Waals surface area contributed by atoms with Crippen LogP contribution in [0.2, 0.25) is 0 Å². The van der Waals surface area contributed by atoms with E-state index in [-0.39, 0.29) is 24.0 Å². The van der Waals surface area contributed by atoms with Crippen LogP contribution in [0.25, 0.3) is 0 Å². The summed E-state index contributed by atoms with van der Waals surface area (Å²) < 4.78 is 5.17. The zero-order valence-corrected chi connectivity index (χ0v) is 19.3. The van der Waals surface area contributed by atoms with E-state index in [9.17, 15) is 0 Å². The van der Waals surface area contributed by atoms with Gasteiger partial charge in [0.15, 0.2) is 5.96 Å². The summed E-state index contributed by atoms with van der Waals surface area (Å²) in [6.07, 6.45) is 2.60. The first-order valence-electron chi connectivity index (χ1n) is 10.0. The minimum Gasteiger partial charge on any atom is -0.361 e. The normalized spacial score (nSPS) is 22.6. The molecule has 0 aliphatic carbocycles. The van der Waals surface area contributed by atoms with Crippen molar-refractivity contribution in [2.24, 2.45) is 10.9 Å². The monoisotopic (exact) mass is 490 g/mol. The van der Waals surface area contributed by atoms with Gasteiger partial charge in [-0.25, -0.2) is 0 Å². The topological polar surface area (TPSA) is 60.1 Å². The molecule has 27 heavy (non-hydrogen) atoms. The summed E-state index contributed by atoms with van der Waals surface area (Å²) in [5, 5.41) is 7.60. The van der Waals surface area contributed by atoms with Crippen molar-refractivity contribution < 1.29 is 4.52 Å². The van der Waals surface area contributed by atoms with E-state index in [1.165, 1.54) is 25.9 Å². The van der Waals surface area contributed by atoms with Gasteiger partial charge in [0.25, 0.3) is 0 Å². The Kier molecular flexibility index (Phi) is 9.31. The Morgan fingerprint density at radius 3 is 2.70 bits per heavy atom. The molecule has 154 valence electrons. The highest BCUT2D eigenvalue weighted by molar-refractivity contribution is 14.0. The van der Waals surface area contributed by atoms with Gasteiger partial charge in [-0.05, 0) is 46.2 Å². The van der Waals surface area contributed by atoms with Gasteiger partial charge in [0.1, 0.15) is 5.76 Å². The maximum Gasteiger partial charge on any atom is 0.194 e. The molecular formula is C19H35IN6O. The number of guanidine groups is 1. The zero-order chi connectivity index (χ0) is 18.4. The maximum atomic E-state index is 5.17. The average Bonchev–Trinajstić information content (AvgIpc) is 3.04. The molecule has 0 bridgehead atoms. The Morgan fingerprint density at radius 1 is 1.30 bits per heavy atom. The van der Waals surface area contributed by atoms with E-state index in [4.69, 9.17) is 9.52 Å². The summed E-state index contributed by atoms with van der Waals surface area (Å²) in [5.74, 6) is 2.66. The van der Waals surface area contributed by atoms with Crippen molar-refractivity contribution in [1.82, 2.24) is 25.2 Å². The van der Waals surface area contributed by atoms with Crippen molar-refractivity contribution >= 4 is 29.9 Å². The van der Waals surface area contributed by atoms with Gasteiger partial charge in [0.2, 0.25) is 0 Å². The van der Waals surface area contributed by atoms with E-state index in [2.05, 4.69) is 39.1 Å². The molecule has 7 nitrogen and oxygen atoms in total. The highest BCUT2D eigenvalue weighted by Gasteiger charge is 2.22. The lowest BCUT2D eigenvalue weighted by Crippen LogP contribution is -2.52. The summed E-state index contributed by atoms with van der Waals surface area (Å²) in [7, 11) is 2.22. The number of aromatic nitrogens is 1. The van der Waals surface area contributed by atoms with Gasteiger partial charge in [-0.2, -0.15) is 0 Å². The molecule has 3 rings (SSSR count). The molecule has 1 N–H and O–H groups in total. The average molecular weight is 490 g/mol. The fraction of sp³-hybridized carbons (Fsp3) is 0.789. The van der Waals surface area contributed by atoms with Crippen molar-refractivity contribution in [2.75, 3.05) is 59.4 Å². The largest absolute Gasteiger partial charge is 0.361 e. The van der Waals surface area contributed by atoms with Crippen LogP contribution in [0.15, 0.2) is 15.6 Å². The van der Waals surface area contributed by atoms with Crippen LogP contribution >= 0.6 is 24.0 Å². The molecule has 0 spiro atoms. The quantitative estimate of drug-likeness (QED) is 0.387. The molecule has 0 radical (unpaired) electrons. The number of nitrogens with zero attached hydrogens (tertiary/aromatic N) is 5. The number of aryl methyl sites for hydroxylation is 1. The SMILES string of the molecule is CCNC(=NCC1CCCN(C)C1)N1CCN(Cc2cc(C)on2)CC1.I. The van der Waals surface area contributed by atoms with Gasteiger partial charge in [0, 0.05) is 58.4 Å². The summed E-state index contributed by atoms with van der Waals surface area (Å²) in [5.41, 5.74) is 1.03. The highest BCUT2D eigenvalue weighted by Crippen LogP contribution is 2.15. The number of rotatable bonds is 5. The van der Waals surface area contributed by atoms with Crippen LogP contribution in [0.3, 0.4) is 0 Å². The predicted octanol–water partition coefficient (Wildman–Crippen LogP) is 2.03. The molecule has 2 fully saturated rings. The Hall–Kier alpha value is -0.870. The first-order valence-corrected chi connectivity index (χ1v) is 10.0. The summed E-state index contributed by atoms with van der Waals surface area (Å²) in [4.78, 5) is 12.2. The maximum absolute atomic E-state index is 5.17. The van der Waals surface area contributed by atoms with E-state index in [0.717, 1.165) is 63.2 Å².